The Balaban J connectivity index is 1.08. The summed E-state index contributed by atoms with van der Waals surface area (Å²) >= 11 is 0. The summed E-state index contributed by atoms with van der Waals surface area (Å²) < 4.78 is 27.4. The van der Waals surface area contributed by atoms with E-state index in [9.17, 15) is 14.4 Å². The number of esters is 1. The number of hydrogen-bond acceptors (Lipinski definition) is 14. The summed E-state index contributed by atoms with van der Waals surface area (Å²) in [5.74, 6) is -1.23. The molecule has 18 heteroatoms. The van der Waals surface area contributed by atoms with E-state index in [4.69, 9.17) is 23.6 Å². The van der Waals surface area contributed by atoms with Gasteiger partial charge in [0.25, 0.3) is 5.91 Å². The van der Waals surface area contributed by atoms with Gasteiger partial charge >= 0.3 is 5.97 Å². The number of ether oxygens (including phenoxy) is 3. The number of carbonyl (C=O) groups excluding carboxylic acids is 4. The normalized spacial score (nSPS) is 25.2. The number of hydrazine groups is 1. The van der Waals surface area contributed by atoms with Crippen LogP contribution in [0.2, 0.25) is 0 Å². The quantitative estimate of drug-likeness (QED) is 0.155. The number of likely N-dealkylation sites (N-methyl/N-ethyl adjacent to an activating group) is 1. The van der Waals surface area contributed by atoms with Gasteiger partial charge in [0.05, 0.1) is 54.1 Å². The van der Waals surface area contributed by atoms with Gasteiger partial charge in [-0.05, 0) is 111 Å². The molecule has 2 N–H and O–H groups in total. The van der Waals surface area contributed by atoms with E-state index in [1.165, 1.54) is 29.1 Å². The maximum atomic E-state index is 15.0. The molecule has 0 radical (unpaired) electrons. The minimum absolute atomic E-state index is 0.0955. The largest absolute Gasteiger partial charge is 0.491 e. The number of hydrogen-bond donors (Lipinski definition) is 2. The Bertz CT molecular complexity index is 3020. The van der Waals surface area contributed by atoms with Crippen molar-refractivity contribution in [2.45, 2.75) is 129 Å². The van der Waals surface area contributed by atoms with E-state index >= 15 is 4.79 Å². The molecule has 77 heavy (non-hydrogen) atoms. The van der Waals surface area contributed by atoms with Gasteiger partial charge in [0.2, 0.25) is 17.7 Å². The number of benzene rings is 2. The van der Waals surface area contributed by atoms with Crippen LogP contribution in [0.5, 0.6) is 5.75 Å². The number of amides is 3. The second-order valence-electron chi connectivity index (χ2n) is 23.4. The zero-order valence-corrected chi connectivity index (χ0v) is 46.0. The number of aryl methyl sites for hydroxylation is 1. The number of pyridine rings is 1. The molecule has 1 saturated carbocycles. The Morgan fingerprint density at radius 1 is 0.870 bits per heavy atom. The molecule has 6 atom stereocenters. The molecule has 3 amide bonds. The number of nitrogens with zero attached hydrogens (tertiary/aromatic N) is 8. The molecule has 5 aliphatic heterocycles. The molecule has 18 nitrogen and oxygen atoms in total. The first-order valence-electron chi connectivity index (χ1n) is 28.0. The zero-order valence-electron chi connectivity index (χ0n) is 46.0. The number of methoxy groups -OCH3 is 1. The first-order valence-corrected chi connectivity index (χ1v) is 28.0. The average Bonchev–Trinajstić information content (AvgIpc) is 3.96. The molecule has 2 aromatic carbocycles. The van der Waals surface area contributed by atoms with Crippen molar-refractivity contribution in [1.82, 2.24) is 40.1 Å². The zero-order chi connectivity index (χ0) is 53.9. The van der Waals surface area contributed by atoms with Crippen LogP contribution in [0, 0.1) is 17.3 Å². The minimum atomic E-state index is -1.08. The molecular weight excluding hydrogens is 977 g/mol. The van der Waals surface area contributed by atoms with Gasteiger partial charge in [0.1, 0.15) is 30.5 Å². The highest BCUT2D eigenvalue weighted by Gasteiger charge is 2.45. The molecule has 3 aromatic heterocycles. The van der Waals surface area contributed by atoms with Crippen LogP contribution in [0.3, 0.4) is 0 Å². The number of oxazole rings is 1. The highest BCUT2D eigenvalue weighted by Crippen LogP contribution is 2.44. The molecule has 0 unspecified atom stereocenters. The molecule has 5 aromatic rings. The first-order chi connectivity index (χ1) is 37.1. The summed E-state index contributed by atoms with van der Waals surface area (Å²) in [6, 6.07) is 12.5. The second-order valence-corrected chi connectivity index (χ2v) is 23.4. The van der Waals surface area contributed by atoms with Crippen molar-refractivity contribution in [3.63, 3.8) is 0 Å². The molecule has 6 aliphatic rings. The van der Waals surface area contributed by atoms with Crippen molar-refractivity contribution in [2.75, 3.05) is 76.4 Å². The average molecular weight is 1050 g/mol. The van der Waals surface area contributed by atoms with Crippen molar-refractivity contribution < 1.29 is 37.8 Å². The Labute approximate surface area is 451 Å². The molecular formula is C59H76N10O8. The first kappa shape index (κ1) is 52.5. The topological polar surface area (TPSA) is 180 Å². The molecule has 1 aliphatic carbocycles. The number of carbonyl (C=O) groups is 4. The van der Waals surface area contributed by atoms with Gasteiger partial charge in [-0.15, -0.1) is 0 Å². The Kier molecular flexibility index (Phi) is 14.6. The third kappa shape index (κ3) is 10.4. The lowest BCUT2D eigenvalue weighted by Gasteiger charge is -2.37. The molecule has 11 rings (SSSR count). The second kappa shape index (κ2) is 21.4. The van der Waals surface area contributed by atoms with Gasteiger partial charge in [0, 0.05) is 94.3 Å². The van der Waals surface area contributed by atoms with E-state index in [0.717, 1.165) is 88.0 Å². The van der Waals surface area contributed by atoms with Crippen LogP contribution in [-0.2, 0) is 48.0 Å². The number of piperazine rings is 1. The number of aromatic nitrogens is 3. The SMILES string of the molecule is CCn1c(-c2cc(N3CCN(C4CC4)CC3)cnc2[C@H](C)OC)c2c3cc(ccc31)-c1cc3cc(c1)OC[C@@H]1[C@H](CCN1c1cnco1)C(=O)N(C)[C@@H](C(C)C)C(=O)N[C@@H](C3)C(=O)N1CCC[C@H](N1)C(=O)OCC(C)(C)C2. The van der Waals surface area contributed by atoms with Crippen LogP contribution >= 0.6 is 0 Å². The van der Waals surface area contributed by atoms with E-state index in [2.05, 4.69) is 88.1 Å². The van der Waals surface area contributed by atoms with Gasteiger partial charge in [-0.3, -0.25) is 34.1 Å². The molecule has 410 valence electrons. The van der Waals surface area contributed by atoms with Crippen LogP contribution in [0.15, 0.2) is 65.7 Å². The van der Waals surface area contributed by atoms with Gasteiger partial charge in [-0.25, -0.2) is 10.4 Å². The molecule has 8 bridgehead atoms. The lowest BCUT2D eigenvalue weighted by atomic mass is 9.84. The van der Waals surface area contributed by atoms with Crippen molar-refractivity contribution in [1.29, 1.82) is 0 Å². The maximum Gasteiger partial charge on any atom is 0.324 e. The van der Waals surface area contributed by atoms with E-state index in [1.807, 2.05) is 37.1 Å². The smallest absolute Gasteiger partial charge is 0.324 e. The highest BCUT2D eigenvalue weighted by molar-refractivity contribution is 5.96. The van der Waals surface area contributed by atoms with Crippen LogP contribution in [0.25, 0.3) is 33.3 Å². The number of anilines is 2. The standard InChI is InChI=1S/C59H76N10O8/c1-9-67-49-15-12-38-27-44(49)46(54(67)45-28-41(30-61-52(45)36(4)74-8)66-21-19-65(20-22-66)40-13-14-40)29-59(5,6)33-76-58(73)47-11-10-17-69(63-47)57(72)48-25-37-23-39(38)26-42(24-37)75-32-50-43(16-18-68(50)51-31-60-34-77-51)56(71)64(7)53(35(2)3)55(70)62-48/h12,15,23-24,26-28,30-31,34-36,40,43,47-48,50,53,63H,9-11,13-14,16-22,25,29,32-33H2,1-8H3,(H,62,70)/t36-,43-,47-,48-,50+,53-/m0/s1. The summed E-state index contributed by atoms with van der Waals surface area (Å²) in [7, 11) is 3.40. The molecule has 4 fully saturated rings. The number of rotatable bonds is 8. The van der Waals surface area contributed by atoms with E-state index in [-0.39, 0.29) is 37.6 Å². The van der Waals surface area contributed by atoms with Gasteiger partial charge < -0.3 is 43.2 Å². The maximum absolute atomic E-state index is 15.0. The lowest BCUT2D eigenvalue weighted by Crippen LogP contribution is -2.62. The van der Waals surface area contributed by atoms with Crippen LogP contribution < -0.4 is 25.3 Å². The Morgan fingerprint density at radius 2 is 1.68 bits per heavy atom. The predicted octanol–water partition coefficient (Wildman–Crippen LogP) is 6.79. The Morgan fingerprint density at radius 3 is 2.40 bits per heavy atom. The van der Waals surface area contributed by atoms with E-state index in [1.54, 1.807) is 20.4 Å². The third-order valence-corrected chi connectivity index (χ3v) is 17.1. The summed E-state index contributed by atoms with van der Waals surface area (Å²) in [5, 5.41) is 5.65. The molecule has 3 saturated heterocycles. The van der Waals surface area contributed by atoms with Gasteiger partial charge in [0.15, 0.2) is 6.39 Å². The van der Waals surface area contributed by atoms with Crippen molar-refractivity contribution in [3.8, 4) is 28.1 Å². The predicted molar refractivity (Wildman–Crippen MR) is 293 cm³/mol. The summed E-state index contributed by atoms with van der Waals surface area (Å²) in [6.45, 7) is 18.0. The Hall–Kier alpha value is -6.50. The monoisotopic (exact) mass is 1050 g/mol. The fourth-order valence-electron chi connectivity index (χ4n) is 12.9. The van der Waals surface area contributed by atoms with Crippen molar-refractivity contribution in [3.05, 3.63) is 78.1 Å². The van der Waals surface area contributed by atoms with E-state index < -0.39 is 53.3 Å². The van der Waals surface area contributed by atoms with Gasteiger partial charge in [-0.2, -0.15) is 0 Å². The summed E-state index contributed by atoms with van der Waals surface area (Å²) in [6.07, 6.45) is 9.49. The number of cyclic esters (lactones) is 1. The third-order valence-electron chi connectivity index (χ3n) is 17.1. The van der Waals surface area contributed by atoms with E-state index in [0.29, 0.717) is 57.0 Å². The fourth-order valence-corrected chi connectivity index (χ4v) is 12.9. The number of fused-ring (bicyclic) bond motifs is 8. The molecule has 8 heterocycles. The van der Waals surface area contributed by atoms with Crippen LogP contribution in [0.1, 0.15) is 96.6 Å². The molecule has 0 spiro atoms. The van der Waals surface area contributed by atoms with Gasteiger partial charge in [-0.1, -0.05) is 39.8 Å². The summed E-state index contributed by atoms with van der Waals surface area (Å²) in [4.78, 5) is 77.0. The van der Waals surface area contributed by atoms with Crippen molar-refractivity contribution >= 4 is 46.2 Å². The highest BCUT2D eigenvalue weighted by atomic mass is 16.5. The lowest BCUT2D eigenvalue weighted by molar-refractivity contribution is -0.155. The van der Waals surface area contributed by atoms with Crippen molar-refractivity contribution in [2.24, 2.45) is 17.3 Å². The number of nitrogens with one attached hydrogen (secondary N) is 2. The summed E-state index contributed by atoms with van der Waals surface area (Å²) in [5.41, 5.74) is 11.4. The fraction of sp³-hybridized carbons (Fsp3) is 0.559. The van der Waals surface area contributed by atoms with Crippen LogP contribution in [-0.4, -0.2) is 150 Å². The van der Waals surface area contributed by atoms with Crippen LogP contribution in [0.4, 0.5) is 11.6 Å². The minimum Gasteiger partial charge on any atom is -0.491 e.